The molecule has 1 saturated carbocycles. The summed E-state index contributed by atoms with van der Waals surface area (Å²) in [6.45, 7) is 3.83. The average molecular weight is 305 g/mol. The molecule has 5 nitrogen and oxygen atoms in total. The molecular weight excluding hydrogens is 282 g/mol. The Morgan fingerprint density at radius 1 is 1.14 bits per heavy atom. The number of carbonyl (C=O) groups is 2. The third kappa shape index (κ3) is 3.59. The van der Waals surface area contributed by atoms with E-state index in [1.165, 1.54) is 0 Å². The summed E-state index contributed by atoms with van der Waals surface area (Å²) in [6, 6.07) is 3.71. The Morgan fingerprint density at radius 2 is 1.68 bits per heavy atom. The van der Waals surface area contributed by atoms with Gasteiger partial charge in [-0.2, -0.15) is 0 Å². The summed E-state index contributed by atoms with van der Waals surface area (Å²) >= 11 is 0. The van der Waals surface area contributed by atoms with Gasteiger partial charge in [0.15, 0.2) is 0 Å². The van der Waals surface area contributed by atoms with E-state index in [0.717, 1.165) is 29.7 Å². The first-order valence-electron chi connectivity index (χ1n) is 7.61. The molecule has 0 atom stereocenters. The smallest absolute Gasteiger partial charge is 0.306 e. The molecule has 0 saturated heterocycles. The van der Waals surface area contributed by atoms with Crippen molar-refractivity contribution in [2.45, 2.75) is 45.6 Å². The minimum atomic E-state index is -0.730. The second-order valence-electron chi connectivity index (χ2n) is 6.00. The van der Waals surface area contributed by atoms with Crippen LogP contribution >= 0.6 is 0 Å². The minimum Gasteiger partial charge on any atom is -0.496 e. The summed E-state index contributed by atoms with van der Waals surface area (Å²) < 4.78 is 5.31. The number of hydrogen-bond donors (Lipinski definition) is 2. The maximum Gasteiger partial charge on any atom is 0.306 e. The zero-order valence-corrected chi connectivity index (χ0v) is 13.3. The van der Waals surface area contributed by atoms with Gasteiger partial charge in [-0.3, -0.25) is 9.59 Å². The highest BCUT2D eigenvalue weighted by Crippen LogP contribution is 2.26. The Labute approximate surface area is 130 Å². The van der Waals surface area contributed by atoms with Crippen LogP contribution in [-0.2, 0) is 4.79 Å². The number of aryl methyl sites for hydroxylation is 2. The van der Waals surface area contributed by atoms with E-state index in [0.29, 0.717) is 18.4 Å². The highest BCUT2D eigenvalue weighted by Gasteiger charge is 2.27. The van der Waals surface area contributed by atoms with Crippen molar-refractivity contribution in [2.75, 3.05) is 7.11 Å². The Kier molecular flexibility index (Phi) is 5.06. The normalized spacial score (nSPS) is 21.2. The number of amides is 1. The van der Waals surface area contributed by atoms with Crippen LogP contribution in [0, 0.1) is 19.8 Å². The van der Waals surface area contributed by atoms with Crippen molar-refractivity contribution in [3.05, 3.63) is 28.8 Å². The number of ether oxygens (including phenoxy) is 1. The van der Waals surface area contributed by atoms with Crippen molar-refractivity contribution in [1.82, 2.24) is 5.32 Å². The number of carboxylic acid groups (broad SMARTS) is 1. The van der Waals surface area contributed by atoms with Gasteiger partial charge in [-0.05, 0) is 62.8 Å². The number of carboxylic acids is 1. The third-order valence-corrected chi connectivity index (χ3v) is 4.34. The van der Waals surface area contributed by atoms with Crippen LogP contribution in [0.3, 0.4) is 0 Å². The van der Waals surface area contributed by atoms with E-state index < -0.39 is 5.97 Å². The monoisotopic (exact) mass is 305 g/mol. The lowest BCUT2D eigenvalue weighted by atomic mass is 9.86. The van der Waals surface area contributed by atoms with Gasteiger partial charge in [-0.1, -0.05) is 0 Å². The molecule has 1 aliphatic rings. The van der Waals surface area contributed by atoms with E-state index in [9.17, 15) is 9.59 Å². The fraction of sp³-hybridized carbons (Fsp3) is 0.529. The summed E-state index contributed by atoms with van der Waals surface area (Å²) in [5.74, 6) is -0.295. The average Bonchev–Trinajstić information content (AvgIpc) is 2.47. The van der Waals surface area contributed by atoms with Crippen LogP contribution < -0.4 is 10.1 Å². The Balaban J connectivity index is 2.00. The standard InChI is InChI=1S/C17H23NO4/c1-10-8-13(9-11(2)15(10)22-3)16(19)18-14-6-4-12(5-7-14)17(20)21/h8-9,12,14H,4-7H2,1-3H3,(H,18,19)(H,20,21). The molecule has 0 aliphatic heterocycles. The van der Waals surface area contributed by atoms with Crippen molar-refractivity contribution in [3.8, 4) is 5.75 Å². The SMILES string of the molecule is COc1c(C)cc(C(=O)NC2CCC(C(=O)O)CC2)cc1C. The summed E-state index contributed by atoms with van der Waals surface area (Å²) in [6.07, 6.45) is 2.69. The number of nitrogens with one attached hydrogen (secondary N) is 1. The zero-order chi connectivity index (χ0) is 16.3. The zero-order valence-electron chi connectivity index (χ0n) is 13.3. The van der Waals surface area contributed by atoms with E-state index >= 15 is 0 Å². The van der Waals surface area contributed by atoms with Crippen LogP contribution in [0.25, 0.3) is 0 Å². The lowest BCUT2D eigenvalue weighted by Crippen LogP contribution is -2.38. The molecule has 22 heavy (non-hydrogen) atoms. The van der Waals surface area contributed by atoms with E-state index in [4.69, 9.17) is 9.84 Å². The van der Waals surface area contributed by atoms with Crippen LogP contribution in [0.15, 0.2) is 12.1 Å². The Morgan fingerprint density at radius 3 is 2.14 bits per heavy atom. The summed E-state index contributed by atoms with van der Waals surface area (Å²) in [4.78, 5) is 23.3. The van der Waals surface area contributed by atoms with Crippen LogP contribution in [-0.4, -0.2) is 30.1 Å². The maximum absolute atomic E-state index is 12.4. The van der Waals surface area contributed by atoms with Crippen molar-refractivity contribution < 1.29 is 19.4 Å². The largest absolute Gasteiger partial charge is 0.496 e. The number of benzene rings is 1. The Hall–Kier alpha value is -2.04. The van der Waals surface area contributed by atoms with Crippen LogP contribution in [0.1, 0.15) is 47.2 Å². The molecule has 1 aromatic carbocycles. The van der Waals surface area contributed by atoms with Crippen LogP contribution in [0.4, 0.5) is 0 Å². The minimum absolute atomic E-state index is 0.0609. The fourth-order valence-corrected chi connectivity index (χ4v) is 3.16. The van der Waals surface area contributed by atoms with Gasteiger partial charge in [0, 0.05) is 11.6 Å². The molecule has 0 spiro atoms. The molecule has 0 bridgehead atoms. The molecule has 0 heterocycles. The molecule has 1 amide bonds. The first-order chi connectivity index (χ1) is 10.4. The van der Waals surface area contributed by atoms with Crippen molar-refractivity contribution in [2.24, 2.45) is 5.92 Å². The first-order valence-corrected chi connectivity index (χ1v) is 7.61. The molecule has 5 heteroatoms. The second-order valence-corrected chi connectivity index (χ2v) is 6.00. The lowest BCUT2D eigenvalue weighted by molar-refractivity contribution is -0.142. The highest BCUT2D eigenvalue weighted by molar-refractivity contribution is 5.95. The molecule has 2 N–H and O–H groups in total. The number of methoxy groups -OCH3 is 1. The van der Waals surface area contributed by atoms with E-state index in [1.807, 2.05) is 26.0 Å². The van der Waals surface area contributed by atoms with Gasteiger partial charge in [-0.15, -0.1) is 0 Å². The molecule has 0 aromatic heterocycles. The lowest BCUT2D eigenvalue weighted by Gasteiger charge is -2.27. The van der Waals surface area contributed by atoms with Crippen molar-refractivity contribution in [1.29, 1.82) is 0 Å². The molecular formula is C17H23NO4. The van der Waals surface area contributed by atoms with Gasteiger partial charge >= 0.3 is 5.97 Å². The predicted molar refractivity (Wildman–Crippen MR) is 83.3 cm³/mol. The maximum atomic E-state index is 12.4. The summed E-state index contributed by atoms with van der Waals surface area (Å²) in [5, 5.41) is 12.0. The molecule has 0 radical (unpaired) electrons. The van der Waals surface area contributed by atoms with Gasteiger partial charge in [0.05, 0.1) is 13.0 Å². The van der Waals surface area contributed by atoms with Crippen LogP contribution in [0.2, 0.25) is 0 Å². The van der Waals surface area contributed by atoms with E-state index in [-0.39, 0.29) is 17.9 Å². The van der Waals surface area contributed by atoms with E-state index in [2.05, 4.69) is 5.32 Å². The fourth-order valence-electron chi connectivity index (χ4n) is 3.16. The summed E-state index contributed by atoms with van der Waals surface area (Å²) in [7, 11) is 1.62. The first kappa shape index (κ1) is 16.3. The number of aliphatic carboxylic acids is 1. The molecule has 2 rings (SSSR count). The molecule has 1 fully saturated rings. The second kappa shape index (κ2) is 6.81. The number of rotatable bonds is 4. The number of hydrogen-bond acceptors (Lipinski definition) is 3. The van der Waals surface area contributed by atoms with E-state index in [1.54, 1.807) is 7.11 Å². The van der Waals surface area contributed by atoms with Crippen molar-refractivity contribution >= 4 is 11.9 Å². The van der Waals surface area contributed by atoms with Gasteiger partial charge in [0.2, 0.25) is 0 Å². The third-order valence-electron chi connectivity index (χ3n) is 4.34. The van der Waals surface area contributed by atoms with Crippen molar-refractivity contribution in [3.63, 3.8) is 0 Å². The quantitative estimate of drug-likeness (QED) is 0.896. The highest BCUT2D eigenvalue weighted by atomic mass is 16.5. The van der Waals surface area contributed by atoms with Gasteiger partial charge in [0.25, 0.3) is 5.91 Å². The number of carbonyl (C=O) groups excluding carboxylic acids is 1. The topological polar surface area (TPSA) is 75.6 Å². The molecule has 1 aliphatic carbocycles. The van der Waals surface area contributed by atoms with Gasteiger partial charge < -0.3 is 15.2 Å². The Bertz CT molecular complexity index is 551. The summed E-state index contributed by atoms with van der Waals surface area (Å²) in [5.41, 5.74) is 2.49. The predicted octanol–water partition coefficient (Wildman–Crippen LogP) is 2.69. The van der Waals surface area contributed by atoms with Gasteiger partial charge in [0.1, 0.15) is 5.75 Å². The van der Waals surface area contributed by atoms with Gasteiger partial charge in [-0.25, -0.2) is 0 Å². The molecule has 120 valence electrons. The molecule has 0 unspecified atom stereocenters. The molecule has 1 aromatic rings. The van der Waals surface area contributed by atoms with Crippen LogP contribution in [0.5, 0.6) is 5.75 Å².